The van der Waals surface area contributed by atoms with Crippen molar-refractivity contribution in [3.05, 3.63) is 53.1 Å². The van der Waals surface area contributed by atoms with Crippen molar-refractivity contribution in [3.63, 3.8) is 0 Å². The summed E-state index contributed by atoms with van der Waals surface area (Å²) in [6.07, 6.45) is 0. The van der Waals surface area contributed by atoms with Gasteiger partial charge in [-0.25, -0.2) is 4.79 Å². The van der Waals surface area contributed by atoms with Gasteiger partial charge in [0.25, 0.3) is 5.91 Å². The van der Waals surface area contributed by atoms with Crippen molar-refractivity contribution >= 4 is 34.9 Å². The average Bonchev–Trinajstić information content (AvgIpc) is 2.62. The number of hydrogen-bond donors (Lipinski definition) is 2. The molecule has 2 N–H and O–H groups in total. The normalized spacial score (nSPS) is 10.4. The van der Waals surface area contributed by atoms with Crippen LogP contribution < -0.4 is 20.3 Å². The van der Waals surface area contributed by atoms with Crippen LogP contribution in [0.15, 0.2) is 42.5 Å². The molecule has 0 saturated carbocycles. The molecular formula is C20H24ClN3O3. The molecule has 0 aliphatic rings. The molecule has 2 aromatic carbocycles. The molecule has 27 heavy (non-hydrogen) atoms. The molecule has 0 atom stereocenters. The highest BCUT2D eigenvalue weighted by molar-refractivity contribution is 6.31. The number of halogens is 1. The molecule has 7 heteroatoms. The molecule has 144 valence electrons. The van der Waals surface area contributed by atoms with Gasteiger partial charge in [0.15, 0.2) is 6.61 Å². The molecule has 0 radical (unpaired) electrons. The van der Waals surface area contributed by atoms with Crippen LogP contribution in [0.25, 0.3) is 0 Å². The minimum absolute atomic E-state index is 0.0597. The second-order valence-corrected chi connectivity index (χ2v) is 6.87. The monoisotopic (exact) mass is 389 g/mol. The maximum atomic E-state index is 12.0. The third-order valence-electron chi connectivity index (χ3n) is 3.77. The van der Waals surface area contributed by atoms with Gasteiger partial charge >= 0.3 is 6.03 Å². The van der Waals surface area contributed by atoms with Crippen LogP contribution in [0.5, 0.6) is 5.75 Å². The van der Waals surface area contributed by atoms with Gasteiger partial charge < -0.3 is 15.4 Å². The van der Waals surface area contributed by atoms with Crippen molar-refractivity contribution in [1.82, 2.24) is 5.32 Å². The van der Waals surface area contributed by atoms with E-state index in [2.05, 4.69) is 10.6 Å². The van der Waals surface area contributed by atoms with Gasteiger partial charge in [0.1, 0.15) is 5.75 Å². The quantitative estimate of drug-likeness (QED) is 0.777. The molecule has 0 aliphatic carbocycles. The fourth-order valence-corrected chi connectivity index (χ4v) is 2.42. The summed E-state index contributed by atoms with van der Waals surface area (Å²) in [6, 6.07) is 12.1. The van der Waals surface area contributed by atoms with Gasteiger partial charge in [-0.05, 0) is 62.7 Å². The topological polar surface area (TPSA) is 70.7 Å². The summed E-state index contributed by atoms with van der Waals surface area (Å²) >= 11 is 6.05. The molecule has 0 fully saturated rings. The summed E-state index contributed by atoms with van der Waals surface area (Å²) in [4.78, 5) is 25.5. The highest BCUT2D eigenvalue weighted by atomic mass is 35.5. The molecule has 0 spiro atoms. The lowest BCUT2D eigenvalue weighted by atomic mass is 10.2. The number of ether oxygens (including phenoxy) is 1. The van der Waals surface area contributed by atoms with Gasteiger partial charge in [-0.1, -0.05) is 17.7 Å². The van der Waals surface area contributed by atoms with Gasteiger partial charge in [0.05, 0.1) is 0 Å². The van der Waals surface area contributed by atoms with Crippen LogP contribution in [0.3, 0.4) is 0 Å². The number of carbonyl (C=O) groups is 2. The largest absolute Gasteiger partial charge is 0.484 e. The van der Waals surface area contributed by atoms with Gasteiger partial charge in [-0.15, -0.1) is 0 Å². The van der Waals surface area contributed by atoms with Crippen LogP contribution in [0, 0.1) is 6.92 Å². The Morgan fingerprint density at radius 1 is 1.15 bits per heavy atom. The number of nitrogens with one attached hydrogen (secondary N) is 2. The molecule has 2 rings (SSSR count). The van der Waals surface area contributed by atoms with Crippen molar-refractivity contribution in [2.75, 3.05) is 23.9 Å². The van der Waals surface area contributed by atoms with E-state index in [1.54, 1.807) is 43.4 Å². The summed E-state index contributed by atoms with van der Waals surface area (Å²) < 4.78 is 5.49. The van der Waals surface area contributed by atoms with Crippen molar-refractivity contribution in [2.45, 2.75) is 26.8 Å². The Morgan fingerprint density at radius 3 is 2.41 bits per heavy atom. The minimum atomic E-state index is -0.285. The molecule has 0 saturated heterocycles. The van der Waals surface area contributed by atoms with Crippen LogP contribution in [0.2, 0.25) is 5.02 Å². The van der Waals surface area contributed by atoms with E-state index in [1.165, 1.54) is 4.90 Å². The molecule has 0 aliphatic heterocycles. The number of aryl methyl sites for hydroxylation is 1. The number of amides is 3. The Hall–Kier alpha value is -2.73. The second kappa shape index (κ2) is 9.28. The number of carbonyl (C=O) groups excluding carboxylic acids is 2. The van der Waals surface area contributed by atoms with E-state index in [9.17, 15) is 9.59 Å². The van der Waals surface area contributed by atoms with E-state index in [4.69, 9.17) is 16.3 Å². The Balaban J connectivity index is 1.88. The van der Waals surface area contributed by atoms with Crippen molar-refractivity contribution in [3.8, 4) is 5.75 Å². The lowest BCUT2D eigenvalue weighted by Crippen LogP contribution is -2.40. The molecule has 0 bridgehead atoms. The minimum Gasteiger partial charge on any atom is -0.484 e. The van der Waals surface area contributed by atoms with E-state index in [1.807, 2.05) is 26.8 Å². The molecule has 3 amide bonds. The number of benzene rings is 2. The zero-order valence-corrected chi connectivity index (χ0v) is 16.6. The Morgan fingerprint density at radius 2 is 1.81 bits per heavy atom. The van der Waals surface area contributed by atoms with Crippen LogP contribution in [0.4, 0.5) is 16.2 Å². The zero-order chi connectivity index (χ0) is 20.0. The van der Waals surface area contributed by atoms with Crippen molar-refractivity contribution in [2.24, 2.45) is 0 Å². The average molecular weight is 390 g/mol. The first-order chi connectivity index (χ1) is 12.8. The molecule has 0 aromatic heterocycles. The maximum Gasteiger partial charge on any atom is 0.321 e. The first-order valence-electron chi connectivity index (χ1n) is 8.59. The van der Waals surface area contributed by atoms with Gasteiger partial charge in [-0.3, -0.25) is 9.69 Å². The van der Waals surface area contributed by atoms with Gasteiger partial charge in [0, 0.05) is 29.5 Å². The summed E-state index contributed by atoms with van der Waals surface area (Å²) in [5.74, 6) is 0.251. The number of urea groups is 1. The molecular weight excluding hydrogens is 366 g/mol. The Bertz CT molecular complexity index is 807. The molecule has 6 nitrogen and oxygen atoms in total. The van der Waals surface area contributed by atoms with Crippen LogP contribution in [-0.4, -0.2) is 31.6 Å². The summed E-state index contributed by atoms with van der Waals surface area (Å²) in [5.41, 5.74) is 2.28. The summed E-state index contributed by atoms with van der Waals surface area (Å²) in [7, 11) is 1.69. The van der Waals surface area contributed by atoms with Crippen LogP contribution in [0.1, 0.15) is 19.4 Å². The van der Waals surface area contributed by atoms with E-state index < -0.39 is 0 Å². The Labute approximate surface area is 164 Å². The number of anilines is 2. The Kier molecular flexibility index (Phi) is 7.07. The number of hydrogen-bond acceptors (Lipinski definition) is 3. The van der Waals surface area contributed by atoms with E-state index >= 15 is 0 Å². The van der Waals surface area contributed by atoms with E-state index in [-0.39, 0.29) is 24.6 Å². The standard InChI is InChI=1S/C20H24ClN3O3/c1-13(2)22-20(26)24(4)16-7-9-17(10-8-16)27-12-19(25)23-15-6-5-14(3)18(21)11-15/h5-11,13H,12H2,1-4H3,(H,22,26)(H,23,25). The third-order valence-corrected chi connectivity index (χ3v) is 4.17. The van der Waals surface area contributed by atoms with E-state index in [0.29, 0.717) is 16.5 Å². The summed E-state index contributed by atoms with van der Waals surface area (Å²) in [6.45, 7) is 5.57. The lowest BCUT2D eigenvalue weighted by Gasteiger charge is -2.20. The second-order valence-electron chi connectivity index (χ2n) is 6.46. The molecule has 0 unspecified atom stereocenters. The highest BCUT2D eigenvalue weighted by Crippen LogP contribution is 2.21. The van der Waals surface area contributed by atoms with E-state index in [0.717, 1.165) is 11.3 Å². The number of rotatable bonds is 6. The first kappa shape index (κ1) is 20.6. The SMILES string of the molecule is Cc1ccc(NC(=O)COc2ccc(N(C)C(=O)NC(C)C)cc2)cc1Cl. The molecule has 2 aromatic rings. The van der Waals surface area contributed by atoms with Crippen molar-refractivity contribution < 1.29 is 14.3 Å². The number of nitrogens with zero attached hydrogens (tertiary/aromatic N) is 1. The lowest BCUT2D eigenvalue weighted by molar-refractivity contribution is -0.118. The van der Waals surface area contributed by atoms with Crippen molar-refractivity contribution in [1.29, 1.82) is 0 Å². The third kappa shape index (κ3) is 6.18. The zero-order valence-electron chi connectivity index (χ0n) is 15.9. The fraction of sp³-hybridized carbons (Fsp3) is 0.300. The van der Waals surface area contributed by atoms with Crippen LogP contribution >= 0.6 is 11.6 Å². The first-order valence-corrected chi connectivity index (χ1v) is 8.97. The smallest absolute Gasteiger partial charge is 0.321 e. The summed E-state index contributed by atoms with van der Waals surface area (Å²) in [5, 5.41) is 6.15. The maximum absolute atomic E-state index is 12.0. The predicted octanol–water partition coefficient (Wildman–Crippen LogP) is 4.22. The predicted molar refractivity (Wildman–Crippen MR) is 109 cm³/mol. The van der Waals surface area contributed by atoms with Crippen LogP contribution in [-0.2, 0) is 4.79 Å². The highest BCUT2D eigenvalue weighted by Gasteiger charge is 2.12. The van der Waals surface area contributed by atoms with Gasteiger partial charge in [-0.2, -0.15) is 0 Å². The fourth-order valence-electron chi connectivity index (χ4n) is 2.24. The molecule has 0 heterocycles. The van der Waals surface area contributed by atoms with Gasteiger partial charge in [0.2, 0.25) is 0 Å².